The largest absolute Gasteiger partial charge is 0.486 e. The maximum absolute atomic E-state index is 12.4. The predicted octanol–water partition coefficient (Wildman–Crippen LogP) is 3.25. The van der Waals surface area contributed by atoms with Crippen LogP contribution in [0.1, 0.15) is 12.5 Å². The Balaban J connectivity index is 1.58. The van der Waals surface area contributed by atoms with Gasteiger partial charge in [-0.2, -0.15) is 0 Å². The summed E-state index contributed by atoms with van der Waals surface area (Å²) in [4.78, 5) is 26.1. The summed E-state index contributed by atoms with van der Waals surface area (Å²) in [5, 5.41) is 0.382. The van der Waals surface area contributed by atoms with Crippen molar-refractivity contribution in [1.82, 2.24) is 0 Å². The van der Waals surface area contributed by atoms with Crippen LogP contribution in [0.2, 0.25) is 5.02 Å². The van der Waals surface area contributed by atoms with Crippen LogP contribution in [0, 0.1) is 0 Å². The molecular weight excluding hydrogens is 370 g/mol. The summed E-state index contributed by atoms with van der Waals surface area (Å²) in [7, 11) is 0. The third kappa shape index (κ3) is 4.71. The van der Waals surface area contributed by atoms with E-state index >= 15 is 0 Å². The third-order valence-corrected chi connectivity index (χ3v) is 4.33. The minimum Gasteiger partial charge on any atom is -0.486 e. The van der Waals surface area contributed by atoms with Crippen LogP contribution in [0.3, 0.4) is 0 Å². The molecule has 7 heteroatoms. The highest BCUT2D eigenvalue weighted by molar-refractivity contribution is 6.32. The van der Waals surface area contributed by atoms with E-state index in [9.17, 15) is 9.59 Å². The summed E-state index contributed by atoms with van der Waals surface area (Å²) in [6.45, 7) is 2.89. The lowest BCUT2D eigenvalue weighted by Crippen LogP contribution is -2.34. The van der Waals surface area contributed by atoms with Gasteiger partial charge in [-0.15, -0.1) is 0 Å². The molecule has 0 aromatic heterocycles. The highest BCUT2D eigenvalue weighted by Gasteiger charge is 2.19. The number of fused-ring (bicyclic) bond motifs is 1. The second kappa shape index (κ2) is 8.77. The summed E-state index contributed by atoms with van der Waals surface area (Å²) >= 11 is 6.17. The molecule has 1 amide bonds. The number of carbonyl (C=O) groups is 2. The Labute approximate surface area is 162 Å². The molecule has 1 heterocycles. The number of amides is 1. The molecule has 2 aromatic rings. The summed E-state index contributed by atoms with van der Waals surface area (Å²) in [5.41, 5.74) is 1.40. The van der Waals surface area contributed by atoms with Gasteiger partial charge in [-0.3, -0.25) is 9.59 Å². The van der Waals surface area contributed by atoms with Gasteiger partial charge in [-0.1, -0.05) is 29.8 Å². The number of carbonyl (C=O) groups excluding carboxylic acids is 2. The standard InChI is InChI=1S/C20H20ClNO5/c1-2-22(15-6-4-3-5-7-15)18(23)13-27-19(24)12-14-10-16(21)20-17(11-14)25-8-9-26-20/h3-7,10-11H,2,8-9,12-13H2,1H3. The molecule has 0 N–H and O–H groups in total. The molecule has 0 atom stereocenters. The van der Waals surface area contributed by atoms with E-state index in [0.29, 0.717) is 41.8 Å². The van der Waals surface area contributed by atoms with E-state index in [4.69, 9.17) is 25.8 Å². The first-order valence-corrected chi connectivity index (χ1v) is 9.05. The fourth-order valence-electron chi connectivity index (χ4n) is 2.82. The zero-order valence-corrected chi connectivity index (χ0v) is 15.7. The quantitative estimate of drug-likeness (QED) is 0.709. The highest BCUT2D eigenvalue weighted by atomic mass is 35.5. The molecule has 1 aliphatic rings. The van der Waals surface area contributed by atoms with Crippen LogP contribution < -0.4 is 14.4 Å². The van der Waals surface area contributed by atoms with Gasteiger partial charge >= 0.3 is 5.97 Å². The molecule has 3 rings (SSSR count). The number of hydrogen-bond donors (Lipinski definition) is 0. The van der Waals surface area contributed by atoms with Gasteiger partial charge in [-0.25, -0.2) is 0 Å². The Bertz CT molecular complexity index is 825. The number of benzene rings is 2. The van der Waals surface area contributed by atoms with Crippen molar-refractivity contribution in [3.8, 4) is 11.5 Å². The number of ether oxygens (including phenoxy) is 3. The Morgan fingerprint density at radius 2 is 1.89 bits per heavy atom. The van der Waals surface area contributed by atoms with Crippen LogP contribution in [0.4, 0.5) is 5.69 Å². The van der Waals surface area contributed by atoms with Gasteiger partial charge < -0.3 is 19.1 Å². The van der Waals surface area contributed by atoms with Crippen LogP contribution in [-0.2, 0) is 20.7 Å². The average Bonchev–Trinajstić information content (AvgIpc) is 2.68. The first-order chi connectivity index (χ1) is 13.1. The molecule has 6 nitrogen and oxygen atoms in total. The zero-order valence-electron chi connectivity index (χ0n) is 14.9. The molecule has 0 spiro atoms. The Hall–Kier alpha value is -2.73. The van der Waals surface area contributed by atoms with Crippen molar-refractivity contribution in [2.24, 2.45) is 0 Å². The second-order valence-corrected chi connectivity index (χ2v) is 6.32. The van der Waals surface area contributed by atoms with Gasteiger partial charge in [-0.05, 0) is 36.8 Å². The van der Waals surface area contributed by atoms with E-state index in [0.717, 1.165) is 5.69 Å². The number of hydrogen-bond acceptors (Lipinski definition) is 5. The molecule has 0 fully saturated rings. The van der Waals surface area contributed by atoms with Gasteiger partial charge in [0, 0.05) is 12.2 Å². The maximum Gasteiger partial charge on any atom is 0.310 e. The Morgan fingerprint density at radius 1 is 1.15 bits per heavy atom. The third-order valence-electron chi connectivity index (χ3n) is 4.05. The van der Waals surface area contributed by atoms with E-state index in [-0.39, 0.29) is 18.9 Å². The van der Waals surface area contributed by atoms with E-state index < -0.39 is 5.97 Å². The van der Waals surface area contributed by atoms with Gasteiger partial charge in [0.1, 0.15) is 13.2 Å². The lowest BCUT2D eigenvalue weighted by atomic mass is 10.1. The van der Waals surface area contributed by atoms with Crippen LogP contribution >= 0.6 is 11.6 Å². The van der Waals surface area contributed by atoms with Crippen molar-refractivity contribution < 1.29 is 23.8 Å². The van der Waals surface area contributed by atoms with Crippen LogP contribution in [0.15, 0.2) is 42.5 Å². The number of para-hydroxylation sites is 1. The first-order valence-electron chi connectivity index (χ1n) is 8.67. The van der Waals surface area contributed by atoms with Gasteiger partial charge in [0.25, 0.3) is 5.91 Å². The number of halogens is 1. The fraction of sp³-hybridized carbons (Fsp3) is 0.300. The first kappa shape index (κ1) is 19.0. The molecule has 142 valence electrons. The molecule has 1 aliphatic heterocycles. The summed E-state index contributed by atoms with van der Waals surface area (Å²) in [6, 6.07) is 12.6. The lowest BCUT2D eigenvalue weighted by Gasteiger charge is -2.21. The second-order valence-electron chi connectivity index (χ2n) is 5.91. The number of nitrogens with zero attached hydrogens (tertiary/aromatic N) is 1. The number of rotatable bonds is 6. The van der Waals surface area contributed by atoms with Crippen molar-refractivity contribution in [2.75, 3.05) is 31.3 Å². The topological polar surface area (TPSA) is 65.1 Å². The molecule has 0 aliphatic carbocycles. The van der Waals surface area contributed by atoms with Gasteiger partial charge in [0.05, 0.1) is 11.4 Å². The SMILES string of the molecule is CCN(C(=O)COC(=O)Cc1cc(Cl)c2c(c1)OCCO2)c1ccccc1. The van der Waals surface area contributed by atoms with Crippen molar-refractivity contribution in [3.63, 3.8) is 0 Å². The normalized spacial score (nSPS) is 12.4. The number of likely N-dealkylation sites (N-methyl/N-ethyl adjacent to an activating group) is 1. The van der Waals surface area contributed by atoms with E-state index in [2.05, 4.69) is 0 Å². The highest BCUT2D eigenvalue weighted by Crippen LogP contribution is 2.38. The maximum atomic E-state index is 12.4. The summed E-state index contributed by atoms with van der Waals surface area (Å²) < 4.78 is 16.1. The van der Waals surface area contributed by atoms with Gasteiger partial charge in [0.2, 0.25) is 0 Å². The predicted molar refractivity (Wildman–Crippen MR) is 102 cm³/mol. The van der Waals surface area contributed by atoms with Crippen LogP contribution in [-0.4, -0.2) is 38.2 Å². The van der Waals surface area contributed by atoms with Crippen molar-refractivity contribution in [1.29, 1.82) is 0 Å². The monoisotopic (exact) mass is 389 g/mol. The fourth-order valence-corrected chi connectivity index (χ4v) is 3.10. The van der Waals surface area contributed by atoms with Crippen LogP contribution in [0.5, 0.6) is 11.5 Å². The van der Waals surface area contributed by atoms with Crippen LogP contribution in [0.25, 0.3) is 0 Å². The Kier molecular flexibility index (Phi) is 6.19. The lowest BCUT2D eigenvalue weighted by molar-refractivity contribution is -0.147. The average molecular weight is 390 g/mol. The molecule has 27 heavy (non-hydrogen) atoms. The molecular formula is C20H20ClNO5. The molecule has 0 saturated heterocycles. The van der Waals surface area contributed by atoms with E-state index in [1.165, 1.54) is 0 Å². The van der Waals surface area contributed by atoms with Crippen molar-refractivity contribution >= 4 is 29.2 Å². The Morgan fingerprint density at radius 3 is 2.63 bits per heavy atom. The van der Waals surface area contributed by atoms with E-state index in [1.807, 2.05) is 37.3 Å². The van der Waals surface area contributed by atoms with Crippen molar-refractivity contribution in [2.45, 2.75) is 13.3 Å². The summed E-state index contributed by atoms with van der Waals surface area (Å²) in [5.74, 6) is 0.197. The molecule has 0 saturated carbocycles. The minimum absolute atomic E-state index is 0.0128. The number of esters is 1. The van der Waals surface area contributed by atoms with Gasteiger partial charge in [0.15, 0.2) is 18.1 Å². The molecule has 2 aromatic carbocycles. The number of anilines is 1. The van der Waals surface area contributed by atoms with E-state index in [1.54, 1.807) is 17.0 Å². The molecule has 0 unspecified atom stereocenters. The summed E-state index contributed by atoms with van der Waals surface area (Å²) in [6.07, 6.45) is -0.0128. The zero-order chi connectivity index (χ0) is 19.2. The smallest absolute Gasteiger partial charge is 0.310 e. The molecule has 0 radical (unpaired) electrons. The molecule has 0 bridgehead atoms. The minimum atomic E-state index is -0.514. The van der Waals surface area contributed by atoms with Crippen molar-refractivity contribution in [3.05, 3.63) is 53.1 Å².